The lowest BCUT2D eigenvalue weighted by atomic mass is 10.0. The summed E-state index contributed by atoms with van der Waals surface area (Å²) < 4.78 is 9.45. The second-order valence-corrected chi connectivity index (χ2v) is 17.5. The second kappa shape index (κ2) is 15.2. The van der Waals surface area contributed by atoms with Gasteiger partial charge in [-0.2, -0.15) is 0 Å². The Balaban J connectivity index is 0.930. The van der Waals surface area contributed by atoms with E-state index in [1.165, 1.54) is 54.4 Å². The lowest BCUT2D eigenvalue weighted by Crippen LogP contribution is -2.00. The monoisotopic (exact) mass is 868 g/mol. The third-order valence-electron chi connectivity index (χ3n) is 13.7. The molecule has 14 rings (SSSR count). The van der Waals surface area contributed by atoms with Crippen molar-refractivity contribution >= 4 is 65.4 Å². The van der Waals surface area contributed by atoms with Gasteiger partial charge in [0.2, 0.25) is 0 Å². The smallest absolute Gasteiger partial charge is 0.168 e. The number of rotatable bonds is 7. The van der Waals surface area contributed by atoms with Gasteiger partial charge in [0.1, 0.15) is 0 Å². The van der Waals surface area contributed by atoms with Crippen LogP contribution in [-0.2, 0) is 0 Å². The first kappa shape index (κ1) is 38.1. The molecular weight excluding hydrogens is 829 g/mol. The van der Waals surface area contributed by atoms with Crippen molar-refractivity contribution in [3.05, 3.63) is 243 Å². The Kier molecular flexibility index (Phi) is 8.48. The maximum Gasteiger partial charge on any atom is 0.168 e. The quantitative estimate of drug-likeness (QED) is 0.160. The van der Waals surface area contributed by atoms with Crippen molar-refractivity contribution < 1.29 is 0 Å². The minimum Gasteiger partial charge on any atom is -0.309 e. The molecular formula is C62H40N6. The number of aromatic nitrogens is 6. The number of para-hydroxylation sites is 5. The zero-order valence-electron chi connectivity index (χ0n) is 36.8. The van der Waals surface area contributed by atoms with Gasteiger partial charge >= 0.3 is 0 Å². The van der Waals surface area contributed by atoms with E-state index in [9.17, 15) is 0 Å². The number of fused-ring (bicyclic) bond motifs is 10. The van der Waals surface area contributed by atoms with E-state index in [1.807, 2.05) is 24.3 Å². The van der Waals surface area contributed by atoms with Crippen LogP contribution in [0.15, 0.2) is 243 Å². The summed E-state index contributed by atoms with van der Waals surface area (Å²) in [6.07, 6.45) is 0. The fourth-order valence-corrected chi connectivity index (χ4v) is 10.7. The predicted molar refractivity (Wildman–Crippen MR) is 281 cm³/mol. The molecule has 68 heavy (non-hydrogen) atoms. The highest BCUT2D eigenvalue weighted by Gasteiger charge is 2.23. The Labute approximate surface area is 391 Å². The first-order valence-electron chi connectivity index (χ1n) is 23.1. The third kappa shape index (κ3) is 5.77. The summed E-state index contributed by atoms with van der Waals surface area (Å²) in [6, 6.07) is 87.0. The van der Waals surface area contributed by atoms with Gasteiger partial charge in [0, 0.05) is 66.2 Å². The van der Waals surface area contributed by atoms with E-state index in [0.717, 1.165) is 67.7 Å². The lowest BCUT2D eigenvalue weighted by Gasteiger charge is -2.13. The van der Waals surface area contributed by atoms with Gasteiger partial charge in [0.25, 0.3) is 0 Å². The van der Waals surface area contributed by atoms with Gasteiger partial charge in [-0.25, -0.2) is 0 Å². The number of benzene rings is 10. The van der Waals surface area contributed by atoms with Crippen LogP contribution in [0.4, 0.5) is 0 Å². The van der Waals surface area contributed by atoms with Crippen molar-refractivity contribution in [1.82, 2.24) is 28.5 Å². The van der Waals surface area contributed by atoms with Gasteiger partial charge in [-0.15, -0.1) is 10.2 Å². The lowest BCUT2D eigenvalue weighted by molar-refractivity contribution is 1.07. The highest BCUT2D eigenvalue weighted by molar-refractivity contribution is 6.26. The highest BCUT2D eigenvalue weighted by atomic mass is 15.3. The molecule has 6 heteroatoms. The summed E-state index contributed by atoms with van der Waals surface area (Å²) >= 11 is 0. The van der Waals surface area contributed by atoms with Crippen molar-refractivity contribution in [2.24, 2.45) is 0 Å². The standard InChI is InChI=1S/C62H40N6/c1-4-18-41(19-5-1)61-63-64-62(68(61)46-24-8-3-9-25-46)44-34-35-51-49-28-10-13-31-54(49)66(58(51)40-44)48-27-17-21-43(39-48)42-20-16-26-47(38-42)65-56-33-15-12-30-53(56)59-57(65)37-36-52-50-29-11-14-32-55(50)67(60(52)59)45-22-6-2-7-23-45/h1-40H. The summed E-state index contributed by atoms with van der Waals surface area (Å²) in [7, 11) is 0. The molecule has 0 unspecified atom stereocenters. The summed E-state index contributed by atoms with van der Waals surface area (Å²) in [5.74, 6) is 1.58. The topological polar surface area (TPSA) is 45.5 Å². The van der Waals surface area contributed by atoms with E-state index < -0.39 is 0 Å². The molecule has 4 aromatic heterocycles. The van der Waals surface area contributed by atoms with Crippen LogP contribution in [0, 0.1) is 0 Å². The fourth-order valence-electron chi connectivity index (χ4n) is 10.7. The SMILES string of the molecule is c1ccc(-c2nnc(-c3ccc4c5ccccc5n(-c5cccc(-c6cccc(-n7c8ccccc8c8c7ccc7c9ccccc9n(-c9ccccc9)c78)c6)c5)c4c3)n2-c2ccccc2)cc1. The molecule has 6 nitrogen and oxygen atoms in total. The van der Waals surface area contributed by atoms with Crippen LogP contribution in [0.1, 0.15) is 0 Å². The number of hydrogen-bond donors (Lipinski definition) is 0. The van der Waals surface area contributed by atoms with Gasteiger partial charge in [-0.1, -0.05) is 164 Å². The van der Waals surface area contributed by atoms with Gasteiger partial charge in [0.15, 0.2) is 11.6 Å². The minimum absolute atomic E-state index is 0.784. The predicted octanol–water partition coefficient (Wildman–Crippen LogP) is 15.6. The maximum absolute atomic E-state index is 4.87. The highest BCUT2D eigenvalue weighted by Crippen LogP contribution is 2.43. The third-order valence-corrected chi connectivity index (χ3v) is 13.7. The summed E-state index contributed by atoms with van der Waals surface area (Å²) in [6.45, 7) is 0. The van der Waals surface area contributed by atoms with Gasteiger partial charge in [0.05, 0.1) is 33.1 Å². The first-order chi connectivity index (χ1) is 33.8. The maximum atomic E-state index is 4.87. The van der Waals surface area contributed by atoms with Crippen LogP contribution in [-0.4, -0.2) is 28.5 Å². The molecule has 0 aliphatic carbocycles. The molecule has 318 valence electrons. The fraction of sp³-hybridized carbons (Fsp3) is 0. The average molecular weight is 869 g/mol. The largest absolute Gasteiger partial charge is 0.309 e. The Morgan fingerprint density at radius 1 is 0.235 bits per heavy atom. The van der Waals surface area contributed by atoms with Crippen molar-refractivity contribution in [2.75, 3.05) is 0 Å². The molecule has 0 saturated heterocycles. The Hall–Kier alpha value is -9.26. The van der Waals surface area contributed by atoms with Crippen LogP contribution in [0.2, 0.25) is 0 Å². The molecule has 0 aliphatic rings. The summed E-state index contributed by atoms with van der Waals surface area (Å²) in [4.78, 5) is 0. The van der Waals surface area contributed by atoms with Crippen molar-refractivity contribution in [2.45, 2.75) is 0 Å². The summed E-state index contributed by atoms with van der Waals surface area (Å²) in [5.41, 5.74) is 15.6. The van der Waals surface area contributed by atoms with E-state index >= 15 is 0 Å². The molecule has 0 fully saturated rings. The van der Waals surface area contributed by atoms with Crippen LogP contribution in [0.3, 0.4) is 0 Å². The van der Waals surface area contributed by atoms with Crippen LogP contribution >= 0.6 is 0 Å². The van der Waals surface area contributed by atoms with Crippen LogP contribution in [0.25, 0.3) is 122 Å². The first-order valence-corrected chi connectivity index (χ1v) is 23.1. The van der Waals surface area contributed by atoms with Crippen molar-refractivity contribution in [3.8, 4) is 56.7 Å². The molecule has 0 spiro atoms. The molecule has 0 atom stereocenters. The number of nitrogens with zero attached hydrogens (tertiary/aromatic N) is 6. The average Bonchev–Trinajstić information content (AvgIpc) is 4.18. The molecule has 0 amide bonds. The zero-order valence-corrected chi connectivity index (χ0v) is 36.8. The molecule has 0 bridgehead atoms. The van der Waals surface area contributed by atoms with E-state index in [0.29, 0.717) is 0 Å². The van der Waals surface area contributed by atoms with Crippen LogP contribution < -0.4 is 0 Å². The zero-order chi connectivity index (χ0) is 44.7. The van der Waals surface area contributed by atoms with E-state index in [4.69, 9.17) is 10.2 Å². The normalized spacial score (nSPS) is 11.8. The molecule has 10 aromatic carbocycles. The Morgan fingerprint density at radius 3 is 1.32 bits per heavy atom. The van der Waals surface area contributed by atoms with E-state index in [1.54, 1.807) is 0 Å². The molecule has 0 saturated carbocycles. The van der Waals surface area contributed by atoms with Crippen LogP contribution in [0.5, 0.6) is 0 Å². The van der Waals surface area contributed by atoms with Gasteiger partial charge in [-0.3, -0.25) is 4.57 Å². The Morgan fingerprint density at radius 2 is 0.676 bits per heavy atom. The minimum atomic E-state index is 0.784. The molecule has 0 aliphatic heterocycles. The molecule has 0 radical (unpaired) electrons. The Bertz CT molecular complexity index is 4250. The van der Waals surface area contributed by atoms with Gasteiger partial charge < -0.3 is 13.7 Å². The van der Waals surface area contributed by atoms with E-state index in [2.05, 4.69) is 237 Å². The summed E-state index contributed by atoms with van der Waals surface area (Å²) in [5, 5.41) is 17.0. The van der Waals surface area contributed by atoms with Crippen molar-refractivity contribution in [1.29, 1.82) is 0 Å². The molecule has 4 heterocycles. The van der Waals surface area contributed by atoms with E-state index in [-0.39, 0.29) is 0 Å². The second-order valence-electron chi connectivity index (χ2n) is 17.5. The number of hydrogen-bond acceptors (Lipinski definition) is 2. The van der Waals surface area contributed by atoms with Crippen molar-refractivity contribution in [3.63, 3.8) is 0 Å². The van der Waals surface area contributed by atoms with Gasteiger partial charge in [-0.05, 0) is 90.0 Å². The molecule has 0 N–H and O–H groups in total. The molecule has 14 aromatic rings.